The summed E-state index contributed by atoms with van der Waals surface area (Å²) in [5, 5.41) is 2.81. The van der Waals surface area contributed by atoms with Crippen LogP contribution < -0.4 is 5.32 Å². The molecule has 3 heteroatoms. The Morgan fingerprint density at radius 3 is 2.50 bits per heavy atom. The van der Waals surface area contributed by atoms with E-state index in [1.54, 1.807) is 31.3 Å². The molecule has 1 aliphatic carbocycles. The van der Waals surface area contributed by atoms with E-state index in [9.17, 15) is 8.78 Å². The van der Waals surface area contributed by atoms with Crippen molar-refractivity contribution in [3.05, 3.63) is 35.9 Å². The van der Waals surface area contributed by atoms with Crippen molar-refractivity contribution in [2.75, 3.05) is 13.6 Å². The zero-order chi connectivity index (χ0) is 10.2. The predicted octanol–water partition coefficient (Wildman–Crippen LogP) is 2.25. The van der Waals surface area contributed by atoms with Crippen molar-refractivity contribution in [2.45, 2.75) is 11.8 Å². The second-order valence-electron chi connectivity index (χ2n) is 3.73. The summed E-state index contributed by atoms with van der Waals surface area (Å²) in [5.74, 6) is -3.64. The third kappa shape index (κ3) is 1.42. The summed E-state index contributed by atoms with van der Waals surface area (Å²) >= 11 is 0. The first-order valence-electron chi connectivity index (χ1n) is 4.75. The van der Waals surface area contributed by atoms with E-state index in [0.717, 1.165) is 5.56 Å². The quantitative estimate of drug-likeness (QED) is 0.783. The number of alkyl halides is 2. The molecule has 1 saturated carbocycles. The maximum absolute atomic E-state index is 13.3. The highest BCUT2D eigenvalue weighted by Gasteiger charge is 2.67. The molecule has 1 aromatic rings. The lowest BCUT2D eigenvalue weighted by Crippen LogP contribution is -2.13. The van der Waals surface area contributed by atoms with Gasteiger partial charge in [-0.05, 0) is 12.6 Å². The van der Waals surface area contributed by atoms with Crippen LogP contribution in [0.4, 0.5) is 8.78 Å². The Kier molecular flexibility index (Phi) is 2.27. The lowest BCUT2D eigenvalue weighted by molar-refractivity contribution is 0.0935. The van der Waals surface area contributed by atoms with E-state index in [-0.39, 0.29) is 0 Å². The van der Waals surface area contributed by atoms with E-state index in [4.69, 9.17) is 0 Å². The Morgan fingerprint density at radius 1 is 1.29 bits per heavy atom. The molecule has 1 aromatic carbocycles. The zero-order valence-electron chi connectivity index (χ0n) is 8.00. The van der Waals surface area contributed by atoms with Gasteiger partial charge in [-0.1, -0.05) is 30.3 Å². The first kappa shape index (κ1) is 9.59. The monoisotopic (exact) mass is 197 g/mol. The van der Waals surface area contributed by atoms with Crippen molar-refractivity contribution in [1.82, 2.24) is 5.32 Å². The second kappa shape index (κ2) is 3.31. The number of halogens is 2. The fraction of sp³-hybridized carbons (Fsp3) is 0.455. The second-order valence-corrected chi connectivity index (χ2v) is 3.73. The fourth-order valence-corrected chi connectivity index (χ4v) is 1.98. The SMILES string of the molecule is CNC[C@@H]1[C@@H](c2ccccc2)C1(F)F. The Labute approximate surface area is 82.1 Å². The lowest BCUT2D eigenvalue weighted by atomic mass is 10.1. The van der Waals surface area contributed by atoms with Crippen LogP contribution in [0.25, 0.3) is 0 Å². The molecule has 2 rings (SSSR count). The van der Waals surface area contributed by atoms with Gasteiger partial charge in [0.2, 0.25) is 0 Å². The summed E-state index contributed by atoms with van der Waals surface area (Å²) in [4.78, 5) is 0. The number of rotatable bonds is 3. The first-order chi connectivity index (χ1) is 6.68. The van der Waals surface area contributed by atoms with Crippen LogP contribution in [-0.2, 0) is 0 Å². The molecular formula is C11H13F2N. The van der Waals surface area contributed by atoms with Gasteiger partial charge in [-0.3, -0.25) is 0 Å². The molecule has 76 valence electrons. The third-order valence-corrected chi connectivity index (χ3v) is 2.79. The van der Waals surface area contributed by atoms with Crippen LogP contribution in [0.2, 0.25) is 0 Å². The fourth-order valence-electron chi connectivity index (χ4n) is 1.98. The molecule has 1 nitrogen and oxygen atoms in total. The zero-order valence-corrected chi connectivity index (χ0v) is 8.00. The molecule has 0 saturated heterocycles. The Balaban J connectivity index is 2.15. The van der Waals surface area contributed by atoms with Crippen LogP contribution in [0.1, 0.15) is 11.5 Å². The summed E-state index contributed by atoms with van der Waals surface area (Å²) in [6.45, 7) is 0.382. The average Bonchev–Trinajstić information content (AvgIpc) is 2.71. The van der Waals surface area contributed by atoms with Gasteiger partial charge in [0.05, 0.1) is 5.92 Å². The topological polar surface area (TPSA) is 12.0 Å². The molecule has 0 amide bonds. The van der Waals surface area contributed by atoms with Crippen molar-refractivity contribution < 1.29 is 8.78 Å². The minimum atomic E-state index is -2.52. The number of nitrogens with one attached hydrogen (secondary N) is 1. The molecule has 1 fully saturated rings. The van der Waals surface area contributed by atoms with Gasteiger partial charge < -0.3 is 5.32 Å². The lowest BCUT2D eigenvalue weighted by Gasteiger charge is -1.96. The van der Waals surface area contributed by atoms with E-state index >= 15 is 0 Å². The molecule has 2 atom stereocenters. The van der Waals surface area contributed by atoms with Gasteiger partial charge in [-0.2, -0.15) is 0 Å². The van der Waals surface area contributed by atoms with Crippen LogP contribution >= 0.6 is 0 Å². The smallest absolute Gasteiger partial charge is 0.260 e. The third-order valence-electron chi connectivity index (χ3n) is 2.79. The van der Waals surface area contributed by atoms with Crippen molar-refractivity contribution in [2.24, 2.45) is 5.92 Å². The van der Waals surface area contributed by atoms with Gasteiger partial charge in [-0.15, -0.1) is 0 Å². The summed E-state index contributed by atoms with van der Waals surface area (Å²) in [6.07, 6.45) is 0. The van der Waals surface area contributed by atoms with Crippen LogP contribution in [0.15, 0.2) is 30.3 Å². The van der Waals surface area contributed by atoms with Gasteiger partial charge in [0.25, 0.3) is 5.92 Å². The van der Waals surface area contributed by atoms with Crippen LogP contribution in [0.3, 0.4) is 0 Å². The molecule has 0 heterocycles. The van der Waals surface area contributed by atoms with Crippen molar-refractivity contribution >= 4 is 0 Å². The molecule has 1 N–H and O–H groups in total. The number of hydrogen-bond acceptors (Lipinski definition) is 1. The van der Waals surface area contributed by atoms with Gasteiger partial charge in [-0.25, -0.2) is 8.78 Å². The number of hydrogen-bond donors (Lipinski definition) is 1. The molecule has 0 aliphatic heterocycles. The summed E-state index contributed by atoms with van der Waals surface area (Å²) in [5.41, 5.74) is 0.748. The summed E-state index contributed by atoms with van der Waals surface area (Å²) in [6, 6.07) is 9.00. The van der Waals surface area contributed by atoms with E-state index in [0.29, 0.717) is 6.54 Å². The minimum Gasteiger partial charge on any atom is -0.319 e. The van der Waals surface area contributed by atoms with Crippen LogP contribution in [0.5, 0.6) is 0 Å². The molecule has 1 aliphatic rings. The average molecular weight is 197 g/mol. The van der Waals surface area contributed by atoms with Crippen molar-refractivity contribution in [1.29, 1.82) is 0 Å². The van der Waals surface area contributed by atoms with Crippen LogP contribution in [0, 0.1) is 5.92 Å². The largest absolute Gasteiger partial charge is 0.319 e. The highest BCUT2D eigenvalue weighted by atomic mass is 19.3. The highest BCUT2D eigenvalue weighted by molar-refractivity contribution is 5.32. The van der Waals surface area contributed by atoms with Crippen LogP contribution in [-0.4, -0.2) is 19.5 Å². The minimum absolute atomic E-state index is 0.382. The van der Waals surface area contributed by atoms with E-state index < -0.39 is 17.8 Å². The molecule has 0 bridgehead atoms. The van der Waals surface area contributed by atoms with Gasteiger partial charge in [0, 0.05) is 12.5 Å². The Morgan fingerprint density at radius 2 is 1.93 bits per heavy atom. The van der Waals surface area contributed by atoms with Crippen molar-refractivity contribution in [3.63, 3.8) is 0 Å². The maximum atomic E-state index is 13.3. The first-order valence-corrected chi connectivity index (χ1v) is 4.75. The molecule has 0 spiro atoms. The highest BCUT2D eigenvalue weighted by Crippen LogP contribution is 2.61. The van der Waals surface area contributed by atoms with E-state index in [1.807, 2.05) is 6.07 Å². The summed E-state index contributed by atoms with van der Waals surface area (Å²) in [7, 11) is 1.70. The van der Waals surface area contributed by atoms with E-state index in [2.05, 4.69) is 5.32 Å². The Hall–Kier alpha value is -0.960. The van der Waals surface area contributed by atoms with Gasteiger partial charge in [0.1, 0.15) is 0 Å². The molecule has 14 heavy (non-hydrogen) atoms. The molecule has 0 radical (unpaired) electrons. The number of benzene rings is 1. The van der Waals surface area contributed by atoms with Gasteiger partial charge >= 0.3 is 0 Å². The predicted molar refractivity (Wildman–Crippen MR) is 51.5 cm³/mol. The van der Waals surface area contributed by atoms with Crippen molar-refractivity contribution in [3.8, 4) is 0 Å². The maximum Gasteiger partial charge on any atom is 0.260 e. The normalized spacial score (nSPS) is 28.8. The Bertz CT molecular complexity index is 310. The molecule has 0 aromatic heterocycles. The standard InChI is InChI=1S/C11H13F2N/c1-14-7-9-10(11(9,12)13)8-5-3-2-4-6-8/h2-6,9-10,14H,7H2,1H3/t9-,10-/m1/s1. The van der Waals surface area contributed by atoms with E-state index in [1.165, 1.54) is 0 Å². The summed E-state index contributed by atoms with van der Waals surface area (Å²) < 4.78 is 26.6. The molecular weight excluding hydrogens is 184 g/mol. The van der Waals surface area contributed by atoms with Gasteiger partial charge in [0.15, 0.2) is 0 Å². The molecule has 0 unspecified atom stereocenters.